The molecule has 1 heterocycles. The SMILES string of the molecule is Cc1cc(Nc2ccc(/C=N/N)nc2)ccc1Oc1cccc(O)c1. The van der Waals surface area contributed by atoms with E-state index in [4.69, 9.17) is 10.6 Å². The topological polar surface area (TPSA) is 92.8 Å². The van der Waals surface area contributed by atoms with Crippen molar-refractivity contribution < 1.29 is 9.84 Å². The van der Waals surface area contributed by atoms with E-state index < -0.39 is 0 Å². The first-order valence-electron chi connectivity index (χ1n) is 7.68. The minimum atomic E-state index is 0.170. The van der Waals surface area contributed by atoms with Crippen molar-refractivity contribution in [3.8, 4) is 17.2 Å². The van der Waals surface area contributed by atoms with Gasteiger partial charge in [0.1, 0.15) is 17.2 Å². The summed E-state index contributed by atoms with van der Waals surface area (Å²) < 4.78 is 5.81. The quantitative estimate of drug-likeness (QED) is 0.373. The molecule has 0 fully saturated rings. The molecule has 126 valence electrons. The van der Waals surface area contributed by atoms with Gasteiger partial charge in [0.05, 0.1) is 23.8 Å². The molecule has 0 unspecified atom stereocenters. The Kier molecular flexibility index (Phi) is 4.80. The van der Waals surface area contributed by atoms with E-state index in [0.717, 1.165) is 22.7 Å². The highest BCUT2D eigenvalue weighted by molar-refractivity contribution is 5.77. The Hall–Kier alpha value is -3.54. The van der Waals surface area contributed by atoms with Crippen molar-refractivity contribution in [1.29, 1.82) is 0 Å². The Morgan fingerprint density at radius 3 is 2.64 bits per heavy atom. The van der Waals surface area contributed by atoms with Crippen molar-refractivity contribution in [3.05, 3.63) is 72.1 Å². The Morgan fingerprint density at radius 1 is 1.12 bits per heavy atom. The first kappa shape index (κ1) is 16.3. The monoisotopic (exact) mass is 334 g/mol. The van der Waals surface area contributed by atoms with Crippen LogP contribution in [-0.2, 0) is 0 Å². The van der Waals surface area contributed by atoms with Gasteiger partial charge in [-0.25, -0.2) is 0 Å². The molecule has 3 rings (SSSR count). The first-order valence-corrected chi connectivity index (χ1v) is 7.68. The number of aryl methyl sites for hydroxylation is 1. The highest BCUT2D eigenvalue weighted by Crippen LogP contribution is 2.29. The number of aromatic hydroxyl groups is 1. The van der Waals surface area contributed by atoms with Crippen molar-refractivity contribution in [2.24, 2.45) is 10.9 Å². The number of benzene rings is 2. The number of nitrogens with one attached hydrogen (secondary N) is 1. The molecule has 6 nitrogen and oxygen atoms in total. The lowest BCUT2D eigenvalue weighted by Crippen LogP contribution is -1.95. The summed E-state index contributed by atoms with van der Waals surface area (Å²) in [4.78, 5) is 4.23. The summed E-state index contributed by atoms with van der Waals surface area (Å²) in [5.41, 5.74) is 3.44. The molecule has 0 saturated carbocycles. The smallest absolute Gasteiger partial charge is 0.131 e. The lowest BCUT2D eigenvalue weighted by Gasteiger charge is -2.12. The van der Waals surface area contributed by atoms with E-state index >= 15 is 0 Å². The van der Waals surface area contributed by atoms with Crippen molar-refractivity contribution in [2.75, 3.05) is 5.32 Å². The molecule has 0 bridgehead atoms. The minimum absolute atomic E-state index is 0.170. The number of nitrogens with two attached hydrogens (primary N) is 1. The number of aromatic nitrogens is 1. The van der Waals surface area contributed by atoms with Crippen molar-refractivity contribution in [2.45, 2.75) is 6.92 Å². The standard InChI is InChI=1S/C19H18N4O2/c1-13-9-14(23-16-6-5-15(12-22-20)21-11-16)7-8-19(13)25-18-4-2-3-17(24)10-18/h2-12,23-24H,20H2,1H3/b22-12+. The fourth-order valence-electron chi connectivity index (χ4n) is 2.31. The van der Waals surface area contributed by atoms with Crippen LogP contribution in [0.3, 0.4) is 0 Å². The van der Waals surface area contributed by atoms with Gasteiger partial charge in [-0.15, -0.1) is 0 Å². The predicted octanol–water partition coefficient (Wildman–Crippen LogP) is 3.92. The third-order valence-corrected chi connectivity index (χ3v) is 3.50. The van der Waals surface area contributed by atoms with Crippen molar-refractivity contribution >= 4 is 17.6 Å². The van der Waals surface area contributed by atoms with E-state index in [2.05, 4.69) is 15.4 Å². The van der Waals surface area contributed by atoms with Crippen LogP contribution in [0.25, 0.3) is 0 Å². The summed E-state index contributed by atoms with van der Waals surface area (Å²) in [6.45, 7) is 1.96. The second kappa shape index (κ2) is 7.35. The van der Waals surface area contributed by atoms with Crippen LogP contribution in [0.4, 0.5) is 11.4 Å². The van der Waals surface area contributed by atoms with Crippen LogP contribution in [0.5, 0.6) is 17.2 Å². The number of phenolic OH excluding ortho intramolecular Hbond substituents is 1. The van der Waals surface area contributed by atoms with Gasteiger partial charge < -0.3 is 21.0 Å². The zero-order valence-electron chi connectivity index (χ0n) is 13.7. The molecule has 6 heteroatoms. The second-order valence-corrected chi connectivity index (χ2v) is 5.45. The van der Waals surface area contributed by atoms with Crippen LogP contribution in [0.1, 0.15) is 11.3 Å². The summed E-state index contributed by atoms with van der Waals surface area (Å²) in [5.74, 6) is 6.59. The molecule has 0 radical (unpaired) electrons. The molecular weight excluding hydrogens is 316 g/mol. The molecule has 0 spiro atoms. The molecule has 0 aliphatic heterocycles. The van der Waals surface area contributed by atoms with E-state index in [0.29, 0.717) is 11.4 Å². The highest BCUT2D eigenvalue weighted by atomic mass is 16.5. The normalized spacial score (nSPS) is 10.8. The number of hydrazone groups is 1. The number of hydrogen-bond donors (Lipinski definition) is 3. The molecule has 1 aromatic heterocycles. The molecule has 2 aromatic carbocycles. The minimum Gasteiger partial charge on any atom is -0.508 e. The fourth-order valence-corrected chi connectivity index (χ4v) is 2.31. The number of nitrogens with zero attached hydrogens (tertiary/aromatic N) is 2. The molecule has 0 aliphatic carbocycles. The van der Waals surface area contributed by atoms with Gasteiger partial charge in [0.2, 0.25) is 0 Å². The lowest BCUT2D eigenvalue weighted by molar-refractivity contribution is 0.453. The average molecular weight is 334 g/mol. The van der Waals surface area contributed by atoms with Crippen LogP contribution >= 0.6 is 0 Å². The number of anilines is 2. The van der Waals surface area contributed by atoms with Gasteiger partial charge >= 0.3 is 0 Å². The molecule has 0 saturated heterocycles. The van der Waals surface area contributed by atoms with Crippen molar-refractivity contribution in [3.63, 3.8) is 0 Å². The number of hydrogen-bond acceptors (Lipinski definition) is 6. The van der Waals surface area contributed by atoms with Crippen LogP contribution in [0.2, 0.25) is 0 Å². The van der Waals surface area contributed by atoms with E-state index in [-0.39, 0.29) is 5.75 Å². The number of rotatable bonds is 5. The van der Waals surface area contributed by atoms with E-state index in [1.807, 2.05) is 37.3 Å². The van der Waals surface area contributed by atoms with Gasteiger partial charge in [-0.2, -0.15) is 5.10 Å². The third-order valence-electron chi connectivity index (χ3n) is 3.50. The summed E-state index contributed by atoms with van der Waals surface area (Å²) in [6.07, 6.45) is 3.20. The van der Waals surface area contributed by atoms with Crippen LogP contribution < -0.4 is 15.9 Å². The zero-order valence-corrected chi connectivity index (χ0v) is 13.7. The number of pyridine rings is 1. The van der Waals surface area contributed by atoms with E-state index in [9.17, 15) is 5.11 Å². The molecule has 0 amide bonds. The zero-order chi connectivity index (χ0) is 17.6. The van der Waals surface area contributed by atoms with Gasteiger partial charge in [0.25, 0.3) is 0 Å². The molecule has 3 aromatic rings. The fraction of sp³-hybridized carbons (Fsp3) is 0.0526. The van der Waals surface area contributed by atoms with Crippen LogP contribution in [0.15, 0.2) is 65.9 Å². The first-order chi connectivity index (χ1) is 12.1. The van der Waals surface area contributed by atoms with Gasteiger partial charge in [0, 0.05) is 11.8 Å². The molecule has 0 aliphatic rings. The largest absolute Gasteiger partial charge is 0.508 e. The molecule has 4 N–H and O–H groups in total. The predicted molar refractivity (Wildman–Crippen MR) is 98.7 cm³/mol. The molecular formula is C19H18N4O2. The lowest BCUT2D eigenvalue weighted by atomic mass is 10.2. The summed E-state index contributed by atoms with van der Waals surface area (Å²) in [7, 11) is 0. The van der Waals surface area contributed by atoms with Crippen molar-refractivity contribution in [1.82, 2.24) is 4.98 Å². The Bertz CT molecular complexity index is 892. The third kappa shape index (κ3) is 4.26. The van der Waals surface area contributed by atoms with Crippen LogP contribution in [-0.4, -0.2) is 16.3 Å². The second-order valence-electron chi connectivity index (χ2n) is 5.45. The highest BCUT2D eigenvalue weighted by Gasteiger charge is 2.04. The Labute approximate surface area is 145 Å². The van der Waals surface area contributed by atoms with E-state index in [1.165, 1.54) is 6.21 Å². The molecule has 0 atom stereocenters. The Balaban J connectivity index is 1.73. The maximum Gasteiger partial charge on any atom is 0.131 e. The van der Waals surface area contributed by atoms with Gasteiger partial charge in [-0.3, -0.25) is 4.98 Å². The summed E-state index contributed by atoms with van der Waals surface area (Å²) in [6, 6.07) is 16.2. The summed E-state index contributed by atoms with van der Waals surface area (Å²) >= 11 is 0. The number of phenols is 1. The summed E-state index contributed by atoms with van der Waals surface area (Å²) in [5, 5.41) is 16.2. The number of ether oxygens (including phenoxy) is 1. The van der Waals surface area contributed by atoms with Gasteiger partial charge in [0.15, 0.2) is 0 Å². The Morgan fingerprint density at radius 2 is 1.96 bits per heavy atom. The van der Waals surface area contributed by atoms with Crippen LogP contribution in [0, 0.1) is 6.92 Å². The average Bonchev–Trinajstić information content (AvgIpc) is 2.59. The van der Waals surface area contributed by atoms with E-state index in [1.54, 1.807) is 30.5 Å². The molecule has 25 heavy (non-hydrogen) atoms. The van der Waals surface area contributed by atoms with Gasteiger partial charge in [-0.05, 0) is 55.0 Å². The van der Waals surface area contributed by atoms with Gasteiger partial charge in [-0.1, -0.05) is 6.07 Å². The maximum atomic E-state index is 9.51. The maximum absolute atomic E-state index is 9.51.